The molecule has 0 bridgehead atoms. The first kappa shape index (κ1) is 21.7. The Bertz CT molecular complexity index is 577. The molecule has 0 radical (unpaired) electrons. The SMILES string of the molecule is CCNC(=NCCn1cnnc1CC)N1CC(C)C(C(=O)OC)C1.I. The number of carbonyl (C=O) groups is 1. The van der Waals surface area contributed by atoms with Crippen LogP contribution < -0.4 is 5.32 Å². The fourth-order valence-corrected chi connectivity index (χ4v) is 3.03. The van der Waals surface area contributed by atoms with Crippen LogP contribution in [0, 0.1) is 11.8 Å². The number of nitrogens with zero attached hydrogens (tertiary/aromatic N) is 5. The Hall–Kier alpha value is -1.39. The van der Waals surface area contributed by atoms with E-state index in [0.29, 0.717) is 13.1 Å². The van der Waals surface area contributed by atoms with Crippen LogP contribution in [-0.4, -0.2) is 64.9 Å². The Labute approximate surface area is 166 Å². The molecule has 1 aromatic rings. The smallest absolute Gasteiger partial charge is 0.310 e. The highest BCUT2D eigenvalue weighted by atomic mass is 127. The third-order valence-corrected chi connectivity index (χ3v) is 4.37. The van der Waals surface area contributed by atoms with Gasteiger partial charge >= 0.3 is 5.97 Å². The topological polar surface area (TPSA) is 84.6 Å². The third-order valence-electron chi connectivity index (χ3n) is 4.37. The number of esters is 1. The van der Waals surface area contributed by atoms with Crippen LogP contribution in [0.5, 0.6) is 0 Å². The summed E-state index contributed by atoms with van der Waals surface area (Å²) in [6, 6.07) is 0. The summed E-state index contributed by atoms with van der Waals surface area (Å²) in [4.78, 5) is 18.7. The van der Waals surface area contributed by atoms with Gasteiger partial charge in [-0.2, -0.15) is 0 Å². The summed E-state index contributed by atoms with van der Waals surface area (Å²) >= 11 is 0. The van der Waals surface area contributed by atoms with Crippen molar-refractivity contribution in [2.45, 2.75) is 33.7 Å². The van der Waals surface area contributed by atoms with Crippen molar-refractivity contribution in [2.24, 2.45) is 16.8 Å². The molecular formula is C16H29IN6O2. The molecule has 2 heterocycles. The lowest BCUT2D eigenvalue weighted by atomic mass is 9.99. The van der Waals surface area contributed by atoms with Gasteiger partial charge < -0.3 is 19.5 Å². The standard InChI is InChI=1S/C16H28N6O2.HI/c1-5-14-20-19-11-21(14)8-7-18-16(17-6-2)22-9-12(3)13(10-22)15(23)24-4;/h11-13H,5-10H2,1-4H3,(H,17,18);1H. The Morgan fingerprint density at radius 1 is 1.44 bits per heavy atom. The summed E-state index contributed by atoms with van der Waals surface area (Å²) < 4.78 is 6.93. The number of rotatable bonds is 6. The van der Waals surface area contributed by atoms with E-state index >= 15 is 0 Å². The van der Waals surface area contributed by atoms with E-state index in [1.54, 1.807) is 6.33 Å². The molecule has 0 saturated carbocycles. The van der Waals surface area contributed by atoms with Gasteiger partial charge in [0.15, 0.2) is 5.96 Å². The van der Waals surface area contributed by atoms with Crippen molar-refractivity contribution in [2.75, 3.05) is 33.3 Å². The monoisotopic (exact) mass is 464 g/mol. The molecule has 0 aliphatic carbocycles. The molecule has 0 amide bonds. The Kier molecular flexibility index (Phi) is 9.15. The second-order valence-electron chi connectivity index (χ2n) is 6.04. The number of aromatic nitrogens is 3. The van der Waals surface area contributed by atoms with Gasteiger partial charge in [0.05, 0.1) is 19.6 Å². The molecular weight excluding hydrogens is 435 g/mol. The summed E-state index contributed by atoms with van der Waals surface area (Å²) in [5.41, 5.74) is 0. The van der Waals surface area contributed by atoms with Crippen LogP contribution in [-0.2, 0) is 22.5 Å². The Balaban J connectivity index is 0.00000312. The lowest BCUT2D eigenvalue weighted by Crippen LogP contribution is -2.40. The molecule has 1 fully saturated rings. The number of carbonyl (C=O) groups excluding carboxylic acids is 1. The van der Waals surface area contributed by atoms with Crippen molar-refractivity contribution in [1.82, 2.24) is 25.0 Å². The number of halogens is 1. The molecule has 9 heteroatoms. The molecule has 1 aliphatic rings. The van der Waals surface area contributed by atoms with Gasteiger partial charge in [0.2, 0.25) is 0 Å². The first-order valence-electron chi connectivity index (χ1n) is 8.58. The summed E-state index contributed by atoms with van der Waals surface area (Å²) in [5.74, 6) is 1.84. The summed E-state index contributed by atoms with van der Waals surface area (Å²) in [7, 11) is 1.45. The van der Waals surface area contributed by atoms with Crippen molar-refractivity contribution in [3.8, 4) is 0 Å². The van der Waals surface area contributed by atoms with Crippen molar-refractivity contribution < 1.29 is 9.53 Å². The third kappa shape index (κ3) is 5.55. The minimum atomic E-state index is -0.141. The summed E-state index contributed by atoms with van der Waals surface area (Å²) in [6.45, 7) is 9.81. The highest BCUT2D eigenvalue weighted by molar-refractivity contribution is 14.0. The number of guanidine groups is 1. The van der Waals surface area contributed by atoms with E-state index in [4.69, 9.17) is 9.73 Å². The Morgan fingerprint density at radius 3 is 2.84 bits per heavy atom. The van der Waals surface area contributed by atoms with Crippen molar-refractivity contribution >= 4 is 35.9 Å². The summed E-state index contributed by atoms with van der Waals surface area (Å²) in [5, 5.41) is 11.3. The van der Waals surface area contributed by atoms with E-state index in [2.05, 4.69) is 34.3 Å². The first-order chi connectivity index (χ1) is 11.6. The second-order valence-corrected chi connectivity index (χ2v) is 6.04. The highest BCUT2D eigenvalue weighted by Gasteiger charge is 2.36. The van der Waals surface area contributed by atoms with Crippen LogP contribution in [0.1, 0.15) is 26.6 Å². The van der Waals surface area contributed by atoms with Crippen LogP contribution in [0.25, 0.3) is 0 Å². The first-order valence-corrected chi connectivity index (χ1v) is 8.58. The fourth-order valence-electron chi connectivity index (χ4n) is 3.03. The van der Waals surface area contributed by atoms with E-state index < -0.39 is 0 Å². The van der Waals surface area contributed by atoms with E-state index in [-0.39, 0.29) is 41.8 Å². The molecule has 2 atom stereocenters. The maximum atomic E-state index is 11.9. The molecule has 142 valence electrons. The predicted molar refractivity (Wildman–Crippen MR) is 107 cm³/mol. The average Bonchev–Trinajstić information content (AvgIpc) is 3.19. The fraction of sp³-hybridized carbons (Fsp3) is 0.750. The molecule has 1 aliphatic heterocycles. The zero-order chi connectivity index (χ0) is 17.5. The molecule has 8 nitrogen and oxygen atoms in total. The zero-order valence-corrected chi connectivity index (χ0v) is 17.8. The van der Waals surface area contributed by atoms with Gasteiger partial charge in [0, 0.05) is 32.6 Å². The van der Waals surface area contributed by atoms with Crippen molar-refractivity contribution in [3.63, 3.8) is 0 Å². The van der Waals surface area contributed by atoms with Gasteiger partial charge in [-0.15, -0.1) is 34.2 Å². The number of hydrogen-bond acceptors (Lipinski definition) is 5. The van der Waals surface area contributed by atoms with Gasteiger partial charge in [-0.05, 0) is 12.8 Å². The van der Waals surface area contributed by atoms with Gasteiger partial charge in [-0.25, -0.2) is 0 Å². The normalized spacial score (nSPS) is 20.3. The van der Waals surface area contributed by atoms with Crippen LogP contribution in [0.2, 0.25) is 0 Å². The van der Waals surface area contributed by atoms with E-state index in [1.165, 1.54) is 7.11 Å². The molecule has 2 rings (SSSR count). The molecule has 1 aromatic heterocycles. The minimum Gasteiger partial charge on any atom is -0.469 e. The number of aliphatic imine (C=N–C) groups is 1. The van der Waals surface area contributed by atoms with Gasteiger partial charge in [0.1, 0.15) is 12.2 Å². The maximum Gasteiger partial charge on any atom is 0.310 e. The van der Waals surface area contributed by atoms with Gasteiger partial charge in [-0.3, -0.25) is 9.79 Å². The molecule has 1 N–H and O–H groups in total. The number of likely N-dealkylation sites (tertiary alicyclic amines) is 1. The van der Waals surface area contributed by atoms with E-state index in [1.807, 2.05) is 11.5 Å². The van der Waals surface area contributed by atoms with Crippen molar-refractivity contribution in [1.29, 1.82) is 0 Å². The lowest BCUT2D eigenvalue weighted by Gasteiger charge is -2.21. The highest BCUT2D eigenvalue weighted by Crippen LogP contribution is 2.24. The number of nitrogens with one attached hydrogen (secondary N) is 1. The largest absolute Gasteiger partial charge is 0.469 e. The van der Waals surface area contributed by atoms with Crippen LogP contribution in [0.15, 0.2) is 11.3 Å². The number of hydrogen-bond donors (Lipinski definition) is 1. The number of aryl methyl sites for hydroxylation is 1. The lowest BCUT2D eigenvalue weighted by molar-refractivity contribution is -0.145. The van der Waals surface area contributed by atoms with Crippen molar-refractivity contribution in [3.05, 3.63) is 12.2 Å². The Morgan fingerprint density at radius 2 is 2.20 bits per heavy atom. The van der Waals surface area contributed by atoms with E-state index in [9.17, 15) is 4.79 Å². The quantitative estimate of drug-likeness (QED) is 0.295. The maximum absolute atomic E-state index is 11.9. The minimum absolute atomic E-state index is 0. The van der Waals surface area contributed by atoms with Crippen LogP contribution in [0.4, 0.5) is 0 Å². The number of methoxy groups -OCH3 is 1. The van der Waals surface area contributed by atoms with E-state index in [0.717, 1.165) is 37.8 Å². The molecule has 2 unspecified atom stereocenters. The average molecular weight is 464 g/mol. The molecule has 1 saturated heterocycles. The number of ether oxygens (including phenoxy) is 1. The van der Waals surface area contributed by atoms with Crippen LogP contribution >= 0.6 is 24.0 Å². The van der Waals surface area contributed by atoms with Crippen LogP contribution in [0.3, 0.4) is 0 Å². The van der Waals surface area contributed by atoms with Gasteiger partial charge in [0.25, 0.3) is 0 Å². The van der Waals surface area contributed by atoms with Gasteiger partial charge in [-0.1, -0.05) is 13.8 Å². The summed E-state index contributed by atoms with van der Waals surface area (Å²) in [6.07, 6.45) is 2.60. The predicted octanol–water partition coefficient (Wildman–Crippen LogP) is 1.16. The zero-order valence-electron chi connectivity index (χ0n) is 15.4. The molecule has 0 spiro atoms. The molecule has 25 heavy (non-hydrogen) atoms. The molecule has 0 aromatic carbocycles. The second kappa shape index (κ2) is 10.6.